The van der Waals surface area contributed by atoms with E-state index in [9.17, 15) is 4.79 Å². The van der Waals surface area contributed by atoms with E-state index in [1.54, 1.807) is 23.5 Å². The summed E-state index contributed by atoms with van der Waals surface area (Å²) >= 11 is 12.7. The van der Waals surface area contributed by atoms with Crippen molar-refractivity contribution in [3.63, 3.8) is 0 Å². The minimum atomic E-state index is -0.0369. The van der Waals surface area contributed by atoms with Crippen molar-refractivity contribution in [3.8, 4) is 10.7 Å². The molecule has 0 saturated heterocycles. The minimum Gasteiger partial charge on any atom is -0.352 e. The van der Waals surface area contributed by atoms with Gasteiger partial charge in [-0.1, -0.05) is 29.8 Å². The maximum atomic E-state index is 12.1. The molecule has 2 N–H and O–H groups in total. The number of hydrogen-bond acceptors (Lipinski definition) is 4. The maximum Gasteiger partial charge on any atom is 0.222 e. The summed E-state index contributed by atoms with van der Waals surface area (Å²) < 4.78 is 2.37. The zero-order valence-electron chi connectivity index (χ0n) is 12.7. The number of amides is 1. The molecular formula is C16H15ClN4OS2. The molecule has 0 radical (unpaired) electrons. The topological polar surface area (TPSA) is 62.7 Å². The summed E-state index contributed by atoms with van der Waals surface area (Å²) in [7, 11) is 0. The van der Waals surface area contributed by atoms with Crippen LogP contribution in [0.5, 0.6) is 0 Å². The van der Waals surface area contributed by atoms with Gasteiger partial charge in [0.05, 0.1) is 4.88 Å². The molecule has 8 heteroatoms. The fraction of sp³-hybridized carbons (Fsp3) is 0.188. The molecule has 1 amide bonds. The average molecular weight is 379 g/mol. The highest BCUT2D eigenvalue weighted by molar-refractivity contribution is 7.71. The van der Waals surface area contributed by atoms with Gasteiger partial charge in [0.15, 0.2) is 10.6 Å². The third kappa shape index (κ3) is 4.11. The lowest BCUT2D eigenvalue weighted by atomic mass is 10.2. The molecule has 0 saturated carbocycles. The number of thiophene rings is 1. The molecule has 1 aromatic carbocycles. The second-order valence-electron chi connectivity index (χ2n) is 5.13. The second-order valence-corrected chi connectivity index (χ2v) is 6.91. The van der Waals surface area contributed by atoms with Crippen LogP contribution in [-0.4, -0.2) is 20.7 Å². The van der Waals surface area contributed by atoms with Crippen LogP contribution in [0, 0.1) is 4.77 Å². The molecule has 2 heterocycles. The first kappa shape index (κ1) is 16.9. The monoisotopic (exact) mass is 378 g/mol. The number of aromatic nitrogens is 3. The van der Waals surface area contributed by atoms with Crippen LogP contribution >= 0.6 is 35.2 Å². The summed E-state index contributed by atoms with van der Waals surface area (Å²) in [6.07, 6.45) is 0.333. The maximum absolute atomic E-state index is 12.1. The van der Waals surface area contributed by atoms with E-state index in [0.29, 0.717) is 29.3 Å². The van der Waals surface area contributed by atoms with Crippen LogP contribution in [0.3, 0.4) is 0 Å². The number of carbonyl (C=O) groups is 1. The van der Waals surface area contributed by atoms with E-state index < -0.39 is 0 Å². The van der Waals surface area contributed by atoms with E-state index >= 15 is 0 Å². The fourth-order valence-electron chi connectivity index (χ4n) is 2.22. The molecule has 0 fully saturated rings. The first-order valence-corrected chi connectivity index (χ1v) is 9.00. The molecule has 3 aromatic rings. The van der Waals surface area contributed by atoms with Crippen LogP contribution in [0.25, 0.3) is 10.7 Å². The van der Waals surface area contributed by atoms with E-state index in [-0.39, 0.29) is 5.91 Å². The smallest absolute Gasteiger partial charge is 0.222 e. The van der Waals surface area contributed by atoms with Crippen LogP contribution in [0.1, 0.15) is 12.0 Å². The van der Waals surface area contributed by atoms with Crippen molar-refractivity contribution in [1.29, 1.82) is 0 Å². The van der Waals surface area contributed by atoms with Crippen LogP contribution in [0.4, 0.5) is 0 Å². The Morgan fingerprint density at radius 2 is 2.12 bits per heavy atom. The second kappa shape index (κ2) is 7.74. The molecule has 5 nitrogen and oxygen atoms in total. The van der Waals surface area contributed by atoms with Crippen molar-refractivity contribution < 1.29 is 4.79 Å². The average Bonchev–Trinajstić information content (AvgIpc) is 3.22. The molecule has 0 atom stereocenters. The van der Waals surface area contributed by atoms with Gasteiger partial charge < -0.3 is 5.32 Å². The molecule has 124 valence electrons. The lowest BCUT2D eigenvalue weighted by molar-refractivity contribution is -0.121. The predicted octanol–water partition coefficient (Wildman–Crippen LogP) is 4.03. The zero-order chi connectivity index (χ0) is 16.9. The van der Waals surface area contributed by atoms with Crippen molar-refractivity contribution in [3.05, 3.63) is 57.1 Å². The zero-order valence-corrected chi connectivity index (χ0v) is 15.0. The predicted molar refractivity (Wildman–Crippen MR) is 98.6 cm³/mol. The Kier molecular flexibility index (Phi) is 5.44. The first-order chi connectivity index (χ1) is 11.6. The molecule has 0 bridgehead atoms. The highest BCUT2D eigenvalue weighted by Crippen LogP contribution is 2.22. The molecular weight excluding hydrogens is 364 g/mol. The van der Waals surface area contributed by atoms with Gasteiger partial charge in [0.1, 0.15) is 0 Å². The van der Waals surface area contributed by atoms with Crippen LogP contribution in [0.2, 0.25) is 5.02 Å². The van der Waals surface area contributed by atoms with Crippen molar-refractivity contribution >= 4 is 41.1 Å². The molecule has 3 rings (SSSR count). The Hall–Kier alpha value is -1.96. The van der Waals surface area contributed by atoms with E-state index in [4.69, 9.17) is 23.8 Å². The Morgan fingerprint density at radius 3 is 2.83 bits per heavy atom. The Bertz CT molecular complexity index is 868. The molecule has 0 spiro atoms. The van der Waals surface area contributed by atoms with E-state index in [0.717, 1.165) is 16.3 Å². The number of halogens is 1. The Balaban J connectivity index is 1.58. The summed E-state index contributed by atoms with van der Waals surface area (Å²) in [4.78, 5) is 13.1. The SMILES string of the molecule is O=C(CCn1c(-c2cccs2)n[nH]c1=S)NCc1ccc(Cl)cc1. The van der Waals surface area contributed by atoms with Gasteiger partial charge in [-0.05, 0) is 41.4 Å². The number of nitrogens with zero attached hydrogens (tertiary/aromatic N) is 2. The summed E-state index contributed by atoms with van der Waals surface area (Å²) in [5, 5.41) is 12.6. The first-order valence-electron chi connectivity index (χ1n) is 7.34. The highest BCUT2D eigenvalue weighted by Gasteiger charge is 2.11. The number of rotatable bonds is 6. The number of hydrogen-bond donors (Lipinski definition) is 2. The van der Waals surface area contributed by atoms with Crippen molar-refractivity contribution in [2.24, 2.45) is 0 Å². The van der Waals surface area contributed by atoms with Gasteiger partial charge in [0.25, 0.3) is 0 Å². The van der Waals surface area contributed by atoms with E-state index in [2.05, 4.69) is 15.5 Å². The third-order valence-electron chi connectivity index (χ3n) is 3.47. The molecule has 0 aliphatic carbocycles. The number of carbonyl (C=O) groups excluding carboxylic acids is 1. The van der Waals surface area contributed by atoms with Crippen molar-refractivity contribution in [1.82, 2.24) is 20.1 Å². The normalized spacial score (nSPS) is 10.7. The van der Waals surface area contributed by atoms with Crippen LogP contribution < -0.4 is 5.32 Å². The Labute approximate surface area is 153 Å². The van der Waals surface area contributed by atoms with Gasteiger partial charge in [-0.3, -0.25) is 14.5 Å². The number of H-pyrrole nitrogens is 1. The standard InChI is InChI=1S/C16H15ClN4OS2/c17-12-5-3-11(4-6-12)10-18-14(22)7-8-21-15(19-20-16(21)23)13-2-1-9-24-13/h1-6,9H,7-8,10H2,(H,18,22)(H,20,23). The minimum absolute atomic E-state index is 0.0369. The largest absolute Gasteiger partial charge is 0.352 e. The van der Waals surface area contributed by atoms with Crippen molar-refractivity contribution in [2.75, 3.05) is 0 Å². The Morgan fingerprint density at radius 1 is 1.33 bits per heavy atom. The molecule has 0 aliphatic rings. The number of aromatic amines is 1. The lowest BCUT2D eigenvalue weighted by Crippen LogP contribution is -2.24. The van der Waals surface area contributed by atoms with Crippen LogP contribution in [0.15, 0.2) is 41.8 Å². The summed E-state index contributed by atoms with van der Waals surface area (Å²) in [6.45, 7) is 0.958. The molecule has 0 aliphatic heterocycles. The third-order valence-corrected chi connectivity index (χ3v) is 4.89. The van der Waals surface area contributed by atoms with Gasteiger partial charge in [0, 0.05) is 24.5 Å². The van der Waals surface area contributed by atoms with Gasteiger partial charge in [0.2, 0.25) is 5.91 Å². The highest BCUT2D eigenvalue weighted by atomic mass is 35.5. The molecule has 2 aromatic heterocycles. The van der Waals surface area contributed by atoms with Gasteiger partial charge in [-0.25, -0.2) is 0 Å². The number of benzene rings is 1. The lowest BCUT2D eigenvalue weighted by Gasteiger charge is -2.07. The van der Waals surface area contributed by atoms with Gasteiger partial charge >= 0.3 is 0 Å². The summed E-state index contributed by atoms with van der Waals surface area (Å²) in [6, 6.07) is 11.3. The quantitative estimate of drug-likeness (QED) is 0.636. The summed E-state index contributed by atoms with van der Waals surface area (Å²) in [5.74, 6) is 0.727. The van der Waals surface area contributed by atoms with E-state index in [1.807, 2.05) is 34.2 Å². The molecule has 24 heavy (non-hydrogen) atoms. The molecule has 0 unspecified atom stereocenters. The van der Waals surface area contributed by atoms with Crippen molar-refractivity contribution in [2.45, 2.75) is 19.5 Å². The van der Waals surface area contributed by atoms with Crippen LogP contribution in [-0.2, 0) is 17.9 Å². The summed E-state index contributed by atoms with van der Waals surface area (Å²) in [5.41, 5.74) is 1.01. The van der Waals surface area contributed by atoms with E-state index in [1.165, 1.54) is 0 Å². The number of nitrogens with one attached hydrogen (secondary N) is 2. The van der Waals surface area contributed by atoms with Gasteiger partial charge in [-0.2, -0.15) is 5.10 Å². The van der Waals surface area contributed by atoms with Gasteiger partial charge in [-0.15, -0.1) is 11.3 Å². The fourth-order valence-corrected chi connectivity index (χ4v) is 3.30.